The van der Waals surface area contributed by atoms with Crippen LogP contribution >= 0.6 is 23.2 Å². The van der Waals surface area contributed by atoms with Gasteiger partial charge in [0.15, 0.2) is 0 Å². The summed E-state index contributed by atoms with van der Waals surface area (Å²) < 4.78 is 4.71. The number of nitrogens with zero attached hydrogens (tertiary/aromatic N) is 2. The first-order valence-electron chi connectivity index (χ1n) is 9.09. The highest BCUT2D eigenvalue weighted by Gasteiger charge is 2.19. The summed E-state index contributed by atoms with van der Waals surface area (Å²) in [6.45, 7) is 4.44. The molecule has 0 saturated carbocycles. The zero-order valence-corrected chi connectivity index (χ0v) is 17.2. The van der Waals surface area contributed by atoms with Gasteiger partial charge in [-0.1, -0.05) is 47.5 Å². The first kappa shape index (κ1) is 20.5. The number of rotatable bonds is 5. The van der Waals surface area contributed by atoms with Crippen LogP contribution in [0.5, 0.6) is 0 Å². The fraction of sp³-hybridized carbons (Fsp3) is 0.286. The zero-order chi connectivity index (χ0) is 19.9. The van der Waals surface area contributed by atoms with Gasteiger partial charge in [0.2, 0.25) is 0 Å². The van der Waals surface area contributed by atoms with Crippen molar-refractivity contribution in [2.75, 3.05) is 50.1 Å². The Kier molecular flexibility index (Phi) is 7.20. The number of carbonyl (C=O) groups is 1. The summed E-state index contributed by atoms with van der Waals surface area (Å²) in [5.41, 5.74) is 2.75. The van der Waals surface area contributed by atoms with Crippen molar-refractivity contribution < 1.29 is 9.53 Å². The highest BCUT2D eigenvalue weighted by molar-refractivity contribution is 6.31. The second kappa shape index (κ2) is 9.82. The summed E-state index contributed by atoms with van der Waals surface area (Å²) in [6, 6.07) is 13.2. The van der Waals surface area contributed by atoms with Gasteiger partial charge in [-0.2, -0.15) is 0 Å². The number of carbonyl (C=O) groups excluding carboxylic acids is 1. The van der Waals surface area contributed by atoms with Gasteiger partial charge in [0.05, 0.1) is 18.5 Å². The molecule has 0 aromatic heterocycles. The molecule has 2 aromatic carbocycles. The molecule has 1 aliphatic rings. The molecule has 0 unspecified atom stereocenters. The number of amides is 1. The molecule has 1 fully saturated rings. The molecular formula is C21H23Cl2N3O2. The molecule has 148 valence electrons. The van der Waals surface area contributed by atoms with Crippen LogP contribution in [0.4, 0.5) is 16.2 Å². The van der Waals surface area contributed by atoms with Crippen LogP contribution in [0, 0.1) is 0 Å². The van der Waals surface area contributed by atoms with Crippen molar-refractivity contribution in [3.8, 4) is 0 Å². The second-order valence-corrected chi connectivity index (χ2v) is 7.39. The van der Waals surface area contributed by atoms with E-state index in [4.69, 9.17) is 27.9 Å². The molecule has 0 radical (unpaired) electrons. The Morgan fingerprint density at radius 1 is 1.07 bits per heavy atom. The molecule has 2 aromatic rings. The average molecular weight is 420 g/mol. The Hall–Kier alpha value is -2.21. The van der Waals surface area contributed by atoms with Gasteiger partial charge in [0.25, 0.3) is 0 Å². The van der Waals surface area contributed by atoms with Crippen molar-refractivity contribution in [2.24, 2.45) is 0 Å². The molecule has 3 rings (SSSR count). The lowest BCUT2D eigenvalue weighted by atomic mass is 10.2. The number of methoxy groups -OCH3 is 1. The summed E-state index contributed by atoms with van der Waals surface area (Å²) in [4.78, 5) is 16.2. The van der Waals surface area contributed by atoms with Crippen molar-refractivity contribution in [1.82, 2.24) is 4.90 Å². The topological polar surface area (TPSA) is 44.8 Å². The van der Waals surface area contributed by atoms with Gasteiger partial charge in [-0.3, -0.25) is 10.2 Å². The average Bonchev–Trinajstić information content (AvgIpc) is 2.71. The summed E-state index contributed by atoms with van der Waals surface area (Å²) in [5, 5.41) is 4.14. The monoisotopic (exact) mass is 419 g/mol. The Morgan fingerprint density at radius 3 is 2.43 bits per heavy atom. The van der Waals surface area contributed by atoms with Gasteiger partial charge < -0.3 is 9.64 Å². The van der Waals surface area contributed by atoms with Crippen LogP contribution in [-0.4, -0.2) is 50.8 Å². The van der Waals surface area contributed by atoms with Gasteiger partial charge in [-0.05, 0) is 35.9 Å². The van der Waals surface area contributed by atoms with Crippen LogP contribution in [0.15, 0.2) is 48.5 Å². The van der Waals surface area contributed by atoms with E-state index in [0.29, 0.717) is 10.7 Å². The second-order valence-electron chi connectivity index (χ2n) is 6.52. The third-order valence-corrected chi connectivity index (χ3v) is 5.13. The van der Waals surface area contributed by atoms with Gasteiger partial charge in [0.1, 0.15) is 0 Å². The van der Waals surface area contributed by atoms with E-state index in [9.17, 15) is 4.79 Å². The van der Waals surface area contributed by atoms with E-state index < -0.39 is 6.09 Å². The fourth-order valence-electron chi connectivity index (χ4n) is 3.12. The number of nitrogens with one attached hydrogen (secondary N) is 1. The van der Waals surface area contributed by atoms with Crippen molar-refractivity contribution >= 4 is 46.7 Å². The molecule has 0 bridgehead atoms. The fourth-order valence-corrected chi connectivity index (χ4v) is 3.41. The number of hydrogen-bond acceptors (Lipinski definition) is 4. The Labute approximate surface area is 175 Å². The number of halogens is 2. The lowest BCUT2D eigenvalue weighted by Crippen LogP contribution is -2.46. The number of anilines is 2. The molecule has 1 N–H and O–H groups in total. The molecular weight excluding hydrogens is 397 g/mol. The van der Waals surface area contributed by atoms with Crippen molar-refractivity contribution in [3.63, 3.8) is 0 Å². The third kappa shape index (κ3) is 5.64. The van der Waals surface area contributed by atoms with Crippen LogP contribution in [0.3, 0.4) is 0 Å². The van der Waals surface area contributed by atoms with Crippen LogP contribution in [0.1, 0.15) is 5.56 Å². The Balaban J connectivity index is 1.57. The first-order chi connectivity index (χ1) is 13.5. The number of benzene rings is 2. The third-order valence-electron chi connectivity index (χ3n) is 4.64. The lowest BCUT2D eigenvalue weighted by molar-refractivity contribution is 0.187. The number of ether oxygens (including phenoxy) is 1. The van der Waals surface area contributed by atoms with Crippen LogP contribution in [0.25, 0.3) is 6.08 Å². The molecule has 1 saturated heterocycles. The van der Waals surface area contributed by atoms with E-state index in [0.717, 1.165) is 49.0 Å². The Bertz CT molecular complexity index is 832. The quantitative estimate of drug-likeness (QED) is 0.739. The maximum absolute atomic E-state index is 11.6. The van der Waals surface area contributed by atoms with Gasteiger partial charge in [0, 0.05) is 42.8 Å². The minimum atomic E-state index is -0.491. The molecule has 0 spiro atoms. The van der Waals surface area contributed by atoms with Crippen molar-refractivity contribution in [1.29, 1.82) is 0 Å². The van der Waals surface area contributed by atoms with Crippen molar-refractivity contribution in [2.45, 2.75) is 0 Å². The standard InChI is InChI=1S/C21H23Cl2N3O2/c1-28-21(27)24-19-9-8-18(23)15-20(19)26-13-11-25(12-14-26)10-2-3-16-4-6-17(22)7-5-16/h2-9,15H,10-14H2,1H3,(H,24,27)/b3-2+. The van der Waals surface area contributed by atoms with Crippen molar-refractivity contribution in [3.05, 3.63) is 64.1 Å². The van der Waals surface area contributed by atoms with E-state index in [1.807, 2.05) is 30.3 Å². The Morgan fingerprint density at radius 2 is 1.75 bits per heavy atom. The predicted octanol–water partition coefficient (Wildman–Crippen LogP) is 5.01. The van der Waals surface area contributed by atoms with E-state index >= 15 is 0 Å². The van der Waals surface area contributed by atoms with Crippen LogP contribution in [-0.2, 0) is 4.74 Å². The van der Waals surface area contributed by atoms with E-state index in [-0.39, 0.29) is 0 Å². The maximum atomic E-state index is 11.6. The molecule has 1 heterocycles. The van der Waals surface area contributed by atoms with E-state index in [2.05, 4.69) is 27.3 Å². The van der Waals surface area contributed by atoms with Gasteiger partial charge in [-0.15, -0.1) is 0 Å². The normalized spacial score (nSPS) is 15.0. The lowest BCUT2D eigenvalue weighted by Gasteiger charge is -2.36. The van der Waals surface area contributed by atoms with Crippen LogP contribution in [0.2, 0.25) is 10.0 Å². The minimum Gasteiger partial charge on any atom is -0.453 e. The molecule has 1 aliphatic heterocycles. The van der Waals surface area contributed by atoms with E-state index in [1.165, 1.54) is 7.11 Å². The van der Waals surface area contributed by atoms with E-state index in [1.54, 1.807) is 12.1 Å². The van der Waals surface area contributed by atoms with Gasteiger partial charge >= 0.3 is 6.09 Å². The maximum Gasteiger partial charge on any atom is 0.411 e. The molecule has 28 heavy (non-hydrogen) atoms. The number of hydrogen-bond donors (Lipinski definition) is 1. The van der Waals surface area contributed by atoms with Crippen LogP contribution < -0.4 is 10.2 Å². The predicted molar refractivity (Wildman–Crippen MR) is 117 cm³/mol. The number of piperazine rings is 1. The molecule has 1 amide bonds. The molecule has 0 aliphatic carbocycles. The summed E-state index contributed by atoms with van der Waals surface area (Å²) in [7, 11) is 1.35. The molecule has 7 heteroatoms. The summed E-state index contributed by atoms with van der Waals surface area (Å²) in [6.07, 6.45) is 3.79. The minimum absolute atomic E-state index is 0.491. The largest absolute Gasteiger partial charge is 0.453 e. The highest BCUT2D eigenvalue weighted by atomic mass is 35.5. The molecule has 0 atom stereocenters. The highest BCUT2D eigenvalue weighted by Crippen LogP contribution is 2.30. The SMILES string of the molecule is COC(=O)Nc1ccc(Cl)cc1N1CCN(C/C=C/c2ccc(Cl)cc2)CC1. The van der Waals surface area contributed by atoms with Gasteiger partial charge in [-0.25, -0.2) is 4.79 Å². The smallest absolute Gasteiger partial charge is 0.411 e. The summed E-state index contributed by atoms with van der Waals surface area (Å²) in [5.74, 6) is 0. The molecule has 5 nitrogen and oxygen atoms in total. The first-order valence-corrected chi connectivity index (χ1v) is 9.84. The summed E-state index contributed by atoms with van der Waals surface area (Å²) >= 11 is 12.1. The zero-order valence-electron chi connectivity index (χ0n) is 15.7.